The van der Waals surface area contributed by atoms with E-state index in [1.165, 1.54) is 52.2 Å². The third kappa shape index (κ3) is 7.94. The molecule has 0 unspecified atom stereocenters. The van der Waals surface area contributed by atoms with Crippen LogP contribution < -0.4 is 0 Å². The van der Waals surface area contributed by atoms with Gasteiger partial charge in [-0.2, -0.15) is 11.3 Å². The molecule has 0 aliphatic carbocycles. The van der Waals surface area contributed by atoms with E-state index in [0.717, 1.165) is 48.7 Å². The van der Waals surface area contributed by atoms with Crippen LogP contribution in [0.3, 0.4) is 0 Å². The second-order valence-electron chi connectivity index (χ2n) is 13.8. The van der Waals surface area contributed by atoms with E-state index >= 15 is 0 Å². The predicted octanol–water partition coefficient (Wildman–Crippen LogP) is 13.0. The monoisotopic (exact) mass is 855 g/mol. The van der Waals surface area contributed by atoms with Crippen LogP contribution in [0.5, 0.6) is 0 Å². The average Bonchev–Trinajstić information content (AvgIpc) is 3.59. The molecular weight excluding hydrogens is 807 g/mol. The number of rotatable bonds is 9. The molecule has 0 aliphatic rings. The summed E-state index contributed by atoms with van der Waals surface area (Å²) < 4.78 is 3.89. The number of aliphatic hydroxyl groups is 1. The van der Waals surface area contributed by atoms with Crippen molar-refractivity contribution >= 4 is 69.5 Å². The van der Waals surface area contributed by atoms with Gasteiger partial charge in [0.15, 0.2) is 5.78 Å². The van der Waals surface area contributed by atoms with Gasteiger partial charge in [-0.05, 0) is 77.6 Å². The van der Waals surface area contributed by atoms with Gasteiger partial charge < -0.3 is 5.11 Å². The smallest absolute Gasteiger partial charge is 0.162 e. The third-order valence-corrected chi connectivity index (χ3v) is 11.7. The Hall–Kier alpha value is -2.89. The summed E-state index contributed by atoms with van der Waals surface area (Å²) in [6.45, 7) is 17.3. The minimum Gasteiger partial charge on any atom is -0.512 e. The molecule has 48 heavy (non-hydrogen) atoms. The van der Waals surface area contributed by atoms with E-state index in [1.54, 1.807) is 0 Å². The van der Waals surface area contributed by atoms with E-state index in [2.05, 4.69) is 88.4 Å². The van der Waals surface area contributed by atoms with Gasteiger partial charge in [-0.15, -0.1) is 28.9 Å². The molecule has 0 bridgehead atoms. The van der Waals surface area contributed by atoms with Crippen LogP contribution in [-0.2, 0) is 31.3 Å². The van der Waals surface area contributed by atoms with Crippen LogP contribution in [0.25, 0.3) is 52.3 Å². The molecule has 6 aromatic rings. The Morgan fingerprint density at radius 3 is 2.12 bits per heavy atom. The Kier molecular flexibility index (Phi) is 12.8. The average molecular weight is 855 g/mol. The summed E-state index contributed by atoms with van der Waals surface area (Å²) in [5.74, 6) is 0.547. The fourth-order valence-corrected chi connectivity index (χ4v) is 9.28. The number of benzene rings is 3. The largest absolute Gasteiger partial charge is 0.512 e. The number of hydrogen-bond acceptors (Lipinski definition) is 5. The second kappa shape index (κ2) is 16.2. The van der Waals surface area contributed by atoms with Crippen LogP contribution in [0, 0.1) is 30.2 Å². The number of aliphatic hydroxyl groups excluding tert-OH is 1. The predicted molar refractivity (Wildman–Crippen MR) is 206 cm³/mol. The SMILES string of the molecule is CCC(CC)C(=O)/C=C(\O)C(CC)CC.Cc1c(CC(C)(C)C)sc2c(-c3[c-]c4ccccc4c4c3sc3ccccc34)nccc12.[Ir]. The zero-order valence-corrected chi connectivity index (χ0v) is 33.5. The molecule has 0 spiro atoms. The van der Waals surface area contributed by atoms with Crippen LogP contribution in [-0.4, -0.2) is 15.9 Å². The summed E-state index contributed by atoms with van der Waals surface area (Å²) >= 11 is 3.78. The maximum atomic E-state index is 11.7. The van der Waals surface area contributed by atoms with E-state index in [0.29, 0.717) is 0 Å². The van der Waals surface area contributed by atoms with Crippen molar-refractivity contribution in [3.05, 3.63) is 89.1 Å². The Morgan fingerprint density at radius 1 is 0.854 bits per heavy atom. The van der Waals surface area contributed by atoms with Gasteiger partial charge in [-0.1, -0.05) is 101 Å². The van der Waals surface area contributed by atoms with Crippen LogP contribution >= 0.6 is 22.7 Å². The van der Waals surface area contributed by atoms with Crippen molar-refractivity contribution in [2.24, 2.45) is 17.3 Å². The summed E-state index contributed by atoms with van der Waals surface area (Å²) in [6, 6.07) is 23.3. The standard InChI is InChI=1S/C29H24NS2.C13H24O2.Ir/c1-17-19-13-14-30-26(28(19)32-24(17)16-29(2,3)4)22-15-18-9-5-6-10-20(18)25-21-11-7-8-12-23(21)31-27(22)25;1-5-10(6-2)12(14)9-13(15)11(7-3)8-4;/h5-14H,16H2,1-4H3;9-11,14H,5-8H2,1-4H3;/q-1;;/b;12-9-;. The normalized spacial score (nSPS) is 12.2. The molecule has 3 aromatic carbocycles. The molecule has 1 radical (unpaired) electrons. The first-order valence-corrected chi connectivity index (χ1v) is 18.7. The summed E-state index contributed by atoms with van der Waals surface area (Å²) in [7, 11) is 0. The van der Waals surface area contributed by atoms with Crippen molar-refractivity contribution < 1.29 is 30.0 Å². The number of aromatic nitrogens is 1. The van der Waals surface area contributed by atoms with Gasteiger partial charge >= 0.3 is 0 Å². The quantitative estimate of drug-likeness (QED) is 0.0895. The summed E-state index contributed by atoms with van der Waals surface area (Å²) in [5, 5.41) is 16.2. The van der Waals surface area contributed by atoms with Crippen LogP contribution in [0.15, 0.2) is 72.6 Å². The van der Waals surface area contributed by atoms with Crippen molar-refractivity contribution in [1.82, 2.24) is 4.98 Å². The van der Waals surface area contributed by atoms with E-state index in [4.69, 9.17) is 4.98 Å². The molecule has 3 aromatic heterocycles. The number of ketones is 1. The Labute approximate surface area is 307 Å². The molecule has 255 valence electrons. The number of carbonyl (C=O) groups is 1. The van der Waals surface area contributed by atoms with Gasteiger partial charge in [0.05, 0.1) is 5.76 Å². The first kappa shape index (κ1) is 37.9. The number of thiophene rings is 2. The van der Waals surface area contributed by atoms with Gasteiger partial charge in [0.1, 0.15) is 0 Å². The van der Waals surface area contributed by atoms with Crippen molar-refractivity contribution in [3.63, 3.8) is 0 Å². The van der Waals surface area contributed by atoms with Gasteiger partial charge in [-0.25, -0.2) is 0 Å². The molecule has 3 nitrogen and oxygen atoms in total. The Balaban J connectivity index is 0.000000279. The van der Waals surface area contributed by atoms with Gasteiger partial charge in [0, 0.05) is 64.2 Å². The number of hydrogen-bond donors (Lipinski definition) is 1. The molecule has 0 aliphatic heterocycles. The maximum Gasteiger partial charge on any atom is 0.162 e. The van der Waals surface area contributed by atoms with E-state index in [1.807, 2.05) is 56.6 Å². The summed E-state index contributed by atoms with van der Waals surface area (Å²) in [5.41, 5.74) is 3.86. The number of fused-ring (bicyclic) bond motifs is 6. The Morgan fingerprint density at radius 2 is 1.48 bits per heavy atom. The molecule has 6 rings (SSSR count). The second-order valence-corrected chi connectivity index (χ2v) is 15.9. The van der Waals surface area contributed by atoms with E-state index in [9.17, 15) is 9.90 Å². The first-order chi connectivity index (χ1) is 22.5. The topological polar surface area (TPSA) is 50.2 Å². The van der Waals surface area contributed by atoms with Crippen molar-refractivity contribution in [2.45, 2.75) is 87.5 Å². The first-order valence-electron chi connectivity index (χ1n) is 17.1. The fraction of sp³-hybridized carbons (Fsp3) is 0.381. The molecule has 0 saturated heterocycles. The number of carbonyl (C=O) groups excluding carboxylic acids is 1. The summed E-state index contributed by atoms with van der Waals surface area (Å²) in [6.07, 6.45) is 7.96. The fourth-order valence-electron chi connectivity index (χ4n) is 6.46. The molecule has 3 heterocycles. The number of allylic oxidation sites excluding steroid dienone is 2. The van der Waals surface area contributed by atoms with Gasteiger partial charge in [0.2, 0.25) is 0 Å². The van der Waals surface area contributed by atoms with Crippen molar-refractivity contribution in [2.75, 3.05) is 0 Å². The van der Waals surface area contributed by atoms with Crippen LogP contribution in [0.4, 0.5) is 0 Å². The zero-order chi connectivity index (χ0) is 33.9. The van der Waals surface area contributed by atoms with Crippen molar-refractivity contribution in [1.29, 1.82) is 0 Å². The Bertz CT molecular complexity index is 2060. The molecule has 1 N–H and O–H groups in total. The van der Waals surface area contributed by atoms with Crippen LogP contribution in [0.2, 0.25) is 0 Å². The zero-order valence-electron chi connectivity index (χ0n) is 29.5. The number of aryl methyl sites for hydroxylation is 1. The third-order valence-electron chi connectivity index (χ3n) is 9.24. The molecule has 0 saturated carbocycles. The van der Waals surface area contributed by atoms with Gasteiger partial charge in [-0.3, -0.25) is 9.78 Å². The minimum atomic E-state index is 0. The van der Waals surface area contributed by atoms with E-state index in [-0.39, 0.29) is 48.9 Å². The molecule has 0 amide bonds. The van der Waals surface area contributed by atoms with Gasteiger partial charge in [0.25, 0.3) is 0 Å². The van der Waals surface area contributed by atoms with Crippen molar-refractivity contribution in [3.8, 4) is 11.3 Å². The molecule has 6 heteroatoms. The number of nitrogens with zero attached hydrogens (tertiary/aromatic N) is 1. The minimum absolute atomic E-state index is 0. The summed E-state index contributed by atoms with van der Waals surface area (Å²) in [4.78, 5) is 18.1. The maximum absolute atomic E-state index is 11.7. The van der Waals surface area contributed by atoms with Crippen LogP contribution in [0.1, 0.15) is 84.6 Å². The van der Waals surface area contributed by atoms with E-state index < -0.39 is 0 Å². The number of pyridine rings is 1. The molecule has 0 fully saturated rings. The molecule has 0 atom stereocenters. The molecular formula is C42H48IrNO2S2-.